The van der Waals surface area contributed by atoms with Gasteiger partial charge in [-0.15, -0.1) is 0 Å². The third-order valence-electron chi connectivity index (χ3n) is 3.07. The predicted molar refractivity (Wildman–Crippen MR) is 58.4 cm³/mol. The summed E-state index contributed by atoms with van der Waals surface area (Å²) in [6.07, 6.45) is 3.17. The minimum absolute atomic E-state index is 0.556. The van der Waals surface area contributed by atoms with Crippen LogP contribution in [0.15, 0.2) is 18.3 Å². The molecular weight excluding hydrogens is 172 g/mol. The molecule has 2 heteroatoms. The zero-order chi connectivity index (χ0) is 10.1. The normalized spacial score (nSPS) is 32.1. The van der Waals surface area contributed by atoms with Crippen LogP contribution in [0.2, 0.25) is 0 Å². The summed E-state index contributed by atoms with van der Waals surface area (Å²) in [6, 6.07) is 5.49. The molecule has 1 saturated heterocycles. The van der Waals surface area contributed by atoms with Crippen LogP contribution in [0.4, 0.5) is 0 Å². The molecule has 2 heterocycles. The van der Waals surface area contributed by atoms with Crippen LogP contribution in [0, 0.1) is 6.92 Å². The van der Waals surface area contributed by atoms with Crippen molar-refractivity contribution >= 4 is 0 Å². The highest BCUT2D eigenvalue weighted by Crippen LogP contribution is 2.29. The molecule has 1 aliphatic rings. The molecule has 0 amide bonds. The highest BCUT2D eigenvalue weighted by molar-refractivity contribution is 5.18. The molecule has 0 aromatic carbocycles. The van der Waals surface area contributed by atoms with Crippen LogP contribution in [-0.2, 0) is 0 Å². The first-order valence-electron chi connectivity index (χ1n) is 5.35. The first-order valence-corrected chi connectivity index (χ1v) is 5.35. The number of aryl methyl sites for hydroxylation is 1. The van der Waals surface area contributed by atoms with Crippen molar-refractivity contribution in [3.63, 3.8) is 0 Å². The van der Waals surface area contributed by atoms with Crippen molar-refractivity contribution < 1.29 is 0 Å². The molecule has 1 aromatic rings. The Balaban J connectivity index is 2.19. The predicted octanol–water partition coefficient (Wildman–Crippen LogP) is 2.24. The number of nitrogens with zero attached hydrogens (tertiary/aromatic N) is 1. The Morgan fingerprint density at radius 3 is 2.64 bits per heavy atom. The van der Waals surface area contributed by atoms with Gasteiger partial charge in [0.05, 0.1) is 0 Å². The average molecular weight is 190 g/mol. The summed E-state index contributed by atoms with van der Waals surface area (Å²) < 4.78 is 0. The maximum Gasteiger partial charge on any atom is 0.0450 e. The van der Waals surface area contributed by atoms with Gasteiger partial charge in [0.15, 0.2) is 0 Å². The standard InChI is InChI=1S/C12H18N2/c1-8-4-5-12(13-7-8)11-6-9(2)14-10(11)3/h4-5,7,9-11,14H,6H2,1-3H3. The van der Waals surface area contributed by atoms with Gasteiger partial charge in [-0.3, -0.25) is 4.98 Å². The number of pyridine rings is 1. The second kappa shape index (κ2) is 3.70. The molecule has 3 atom stereocenters. The van der Waals surface area contributed by atoms with E-state index in [9.17, 15) is 0 Å². The summed E-state index contributed by atoms with van der Waals surface area (Å²) in [5, 5.41) is 3.54. The molecular formula is C12H18N2. The molecule has 3 unspecified atom stereocenters. The van der Waals surface area contributed by atoms with Gasteiger partial charge in [0.1, 0.15) is 0 Å². The lowest BCUT2D eigenvalue weighted by Crippen LogP contribution is -2.26. The first-order chi connectivity index (χ1) is 6.66. The second-order valence-electron chi connectivity index (χ2n) is 4.46. The molecule has 0 radical (unpaired) electrons. The molecule has 1 fully saturated rings. The number of rotatable bonds is 1. The molecule has 2 rings (SSSR count). The van der Waals surface area contributed by atoms with Crippen molar-refractivity contribution in [1.29, 1.82) is 0 Å². The zero-order valence-corrected chi connectivity index (χ0v) is 9.12. The molecule has 0 aliphatic carbocycles. The van der Waals surface area contributed by atoms with E-state index in [0.717, 1.165) is 0 Å². The maximum absolute atomic E-state index is 4.51. The fourth-order valence-electron chi connectivity index (χ4n) is 2.29. The Hall–Kier alpha value is -0.890. The molecule has 1 aliphatic heterocycles. The second-order valence-corrected chi connectivity index (χ2v) is 4.46. The summed E-state index contributed by atoms with van der Waals surface area (Å²) in [5.74, 6) is 0.589. The van der Waals surface area contributed by atoms with Gasteiger partial charge >= 0.3 is 0 Å². The fraction of sp³-hybridized carbons (Fsp3) is 0.583. The topological polar surface area (TPSA) is 24.9 Å². The monoisotopic (exact) mass is 190 g/mol. The van der Waals surface area contributed by atoms with Crippen molar-refractivity contribution in [3.8, 4) is 0 Å². The van der Waals surface area contributed by atoms with Gasteiger partial charge in [0, 0.05) is 29.9 Å². The van der Waals surface area contributed by atoms with Gasteiger partial charge in [-0.05, 0) is 38.8 Å². The minimum atomic E-state index is 0.556. The molecule has 1 aromatic heterocycles. The molecule has 0 spiro atoms. The lowest BCUT2D eigenvalue weighted by Gasteiger charge is -2.13. The van der Waals surface area contributed by atoms with Gasteiger partial charge < -0.3 is 5.32 Å². The van der Waals surface area contributed by atoms with E-state index >= 15 is 0 Å². The Bertz CT molecular complexity index is 305. The number of hydrogen-bond acceptors (Lipinski definition) is 2. The quantitative estimate of drug-likeness (QED) is 0.734. The largest absolute Gasteiger partial charge is 0.311 e. The van der Waals surface area contributed by atoms with E-state index in [1.165, 1.54) is 17.7 Å². The van der Waals surface area contributed by atoms with Crippen molar-refractivity contribution in [3.05, 3.63) is 29.6 Å². The van der Waals surface area contributed by atoms with Crippen LogP contribution < -0.4 is 5.32 Å². The van der Waals surface area contributed by atoms with E-state index < -0.39 is 0 Å². The zero-order valence-electron chi connectivity index (χ0n) is 9.12. The third-order valence-corrected chi connectivity index (χ3v) is 3.07. The van der Waals surface area contributed by atoms with Crippen molar-refractivity contribution in [2.75, 3.05) is 0 Å². The summed E-state index contributed by atoms with van der Waals surface area (Å²) >= 11 is 0. The van der Waals surface area contributed by atoms with Crippen LogP contribution in [0.25, 0.3) is 0 Å². The van der Waals surface area contributed by atoms with E-state index in [1.807, 2.05) is 6.20 Å². The van der Waals surface area contributed by atoms with Gasteiger partial charge in [-0.2, -0.15) is 0 Å². The van der Waals surface area contributed by atoms with E-state index in [4.69, 9.17) is 0 Å². The van der Waals surface area contributed by atoms with Gasteiger partial charge in [0.25, 0.3) is 0 Å². The third kappa shape index (κ3) is 1.80. The first kappa shape index (κ1) is 9.66. The molecule has 0 saturated carbocycles. The Kier molecular flexibility index (Phi) is 2.55. The summed E-state index contributed by atoms with van der Waals surface area (Å²) in [4.78, 5) is 4.51. The number of nitrogens with one attached hydrogen (secondary N) is 1. The number of aromatic nitrogens is 1. The lowest BCUT2D eigenvalue weighted by molar-refractivity contribution is 0.568. The van der Waals surface area contributed by atoms with Gasteiger partial charge in [0.2, 0.25) is 0 Å². The van der Waals surface area contributed by atoms with Gasteiger partial charge in [-0.25, -0.2) is 0 Å². The molecule has 76 valence electrons. The van der Waals surface area contributed by atoms with Crippen LogP contribution in [0.5, 0.6) is 0 Å². The van der Waals surface area contributed by atoms with Crippen LogP contribution in [-0.4, -0.2) is 17.1 Å². The molecule has 1 N–H and O–H groups in total. The van der Waals surface area contributed by atoms with Crippen molar-refractivity contribution in [1.82, 2.24) is 10.3 Å². The van der Waals surface area contributed by atoms with Crippen LogP contribution >= 0.6 is 0 Å². The Labute approximate surface area is 85.7 Å². The molecule has 0 bridgehead atoms. The highest BCUT2D eigenvalue weighted by atomic mass is 15.0. The highest BCUT2D eigenvalue weighted by Gasteiger charge is 2.29. The Morgan fingerprint density at radius 2 is 2.14 bits per heavy atom. The van der Waals surface area contributed by atoms with E-state index in [1.54, 1.807) is 0 Å². The molecule has 14 heavy (non-hydrogen) atoms. The van der Waals surface area contributed by atoms with Crippen LogP contribution in [0.3, 0.4) is 0 Å². The average Bonchev–Trinajstić information content (AvgIpc) is 2.47. The van der Waals surface area contributed by atoms with E-state index in [2.05, 4.69) is 43.2 Å². The van der Waals surface area contributed by atoms with Crippen molar-refractivity contribution in [2.24, 2.45) is 0 Å². The maximum atomic E-state index is 4.51. The van der Waals surface area contributed by atoms with Gasteiger partial charge in [-0.1, -0.05) is 6.07 Å². The van der Waals surface area contributed by atoms with E-state index in [0.29, 0.717) is 18.0 Å². The van der Waals surface area contributed by atoms with Crippen molar-refractivity contribution in [2.45, 2.75) is 45.2 Å². The summed E-state index contributed by atoms with van der Waals surface area (Å²) in [6.45, 7) is 6.57. The fourth-order valence-corrected chi connectivity index (χ4v) is 2.29. The summed E-state index contributed by atoms with van der Waals surface area (Å²) in [5.41, 5.74) is 2.47. The molecule has 2 nitrogen and oxygen atoms in total. The smallest absolute Gasteiger partial charge is 0.0450 e. The number of hydrogen-bond donors (Lipinski definition) is 1. The summed E-state index contributed by atoms with van der Waals surface area (Å²) in [7, 11) is 0. The van der Waals surface area contributed by atoms with E-state index in [-0.39, 0.29) is 0 Å². The Morgan fingerprint density at radius 1 is 1.36 bits per heavy atom. The lowest BCUT2D eigenvalue weighted by atomic mass is 9.96. The van der Waals surface area contributed by atoms with Crippen LogP contribution in [0.1, 0.15) is 37.4 Å². The minimum Gasteiger partial charge on any atom is -0.311 e. The SMILES string of the molecule is Cc1ccc(C2CC(C)NC2C)nc1.